The molecule has 0 saturated carbocycles. The maximum Gasteiger partial charge on any atom is 0.251 e. The molecule has 2 aromatic rings. The molecule has 0 aliphatic heterocycles. The molecule has 0 aliphatic rings. The lowest BCUT2D eigenvalue weighted by Gasteiger charge is -2.17. The molecular weight excluding hydrogens is 259 g/mol. The summed E-state index contributed by atoms with van der Waals surface area (Å²) in [6.07, 6.45) is 1.74. The number of rotatable bonds is 6. The molecule has 0 radical (unpaired) electrons. The molecule has 1 aromatic carbocycles. The molecule has 108 valence electrons. The second-order valence-corrected chi connectivity index (χ2v) is 4.67. The molecule has 0 spiro atoms. The summed E-state index contributed by atoms with van der Waals surface area (Å²) in [7, 11) is 0. The number of amides is 1. The summed E-state index contributed by atoms with van der Waals surface area (Å²) < 4.78 is 15.2. The van der Waals surface area contributed by atoms with Crippen LogP contribution in [0.5, 0.6) is 0 Å². The standard InChI is InChI=1S/C14H19FN4O/c1-3-18(4-2)5-6-19-9-10-7-11(15)8-12(14(16)20)13(10)17-19/h7-9H,3-6H2,1-2H3,(H2,16,20). The van der Waals surface area contributed by atoms with E-state index in [0.29, 0.717) is 17.4 Å². The predicted octanol–water partition coefficient (Wildman–Crippen LogP) is 1.62. The van der Waals surface area contributed by atoms with E-state index in [1.807, 2.05) is 0 Å². The number of benzene rings is 1. The van der Waals surface area contributed by atoms with E-state index in [1.165, 1.54) is 6.07 Å². The van der Waals surface area contributed by atoms with Crippen molar-refractivity contribution in [2.75, 3.05) is 19.6 Å². The molecule has 1 aromatic heterocycles. The monoisotopic (exact) mass is 278 g/mol. The number of aromatic nitrogens is 2. The van der Waals surface area contributed by atoms with Gasteiger partial charge in [0.2, 0.25) is 0 Å². The predicted molar refractivity (Wildman–Crippen MR) is 76.0 cm³/mol. The van der Waals surface area contributed by atoms with Gasteiger partial charge < -0.3 is 10.6 Å². The van der Waals surface area contributed by atoms with E-state index in [0.717, 1.165) is 25.7 Å². The van der Waals surface area contributed by atoms with Gasteiger partial charge in [0, 0.05) is 18.1 Å². The highest BCUT2D eigenvalue weighted by molar-refractivity contribution is 6.04. The Morgan fingerprint density at radius 3 is 2.70 bits per heavy atom. The molecule has 2 rings (SSSR count). The molecule has 20 heavy (non-hydrogen) atoms. The molecular formula is C14H19FN4O. The Balaban J connectivity index is 2.29. The van der Waals surface area contributed by atoms with E-state index in [4.69, 9.17) is 5.73 Å². The first-order valence-electron chi connectivity index (χ1n) is 6.74. The third kappa shape index (κ3) is 2.96. The fourth-order valence-corrected chi connectivity index (χ4v) is 2.23. The van der Waals surface area contributed by atoms with E-state index in [2.05, 4.69) is 23.8 Å². The smallest absolute Gasteiger partial charge is 0.251 e. The van der Waals surface area contributed by atoms with Crippen LogP contribution in [0.15, 0.2) is 18.3 Å². The van der Waals surface area contributed by atoms with Crippen molar-refractivity contribution in [2.24, 2.45) is 5.73 Å². The molecule has 2 N–H and O–H groups in total. The Bertz CT molecular complexity index is 619. The topological polar surface area (TPSA) is 64.2 Å². The van der Waals surface area contributed by atoms with Crippen LogP contribution in [0.4, 0.5) is 4.39 Å². The van der Waals surface area contributed by atoms with Crippen molar-refractivity contribution in [3.63, 3.8) is 0 Å². The normalized spacial score (nSPS) is 11.4. The van der Waals surface area contributed by atoms with E-state index in [1.54, 1.807) is 10.9 Å². The maximum absolute atomic E-state index is 13.4. The zero-order chi connectivity index (χ0) is 14.7. The Labute approximate surface area is 117 Å². The number of likely N-dealkylation sites (N-methyl/N-ethyl adjacent to an activating group) is 1. The zero-order valence-corrected chi connectivity index (χ0v) is 11.8. The second-order valence-electron chi connectivity index (χ2n) is 4.67. The van der Waals surface area contributed by atoms with Crippen molar-refractivity contribution in [3.05, 3.63) is 29.7 Å². The average molecular weight is 278 g/mol. The van der Waals surface area contributed by atoms with Crippen LogP contribution in [0.2, 0.25) is 0 Å². The van der Waals surface area contributed by atoms with Crippen molar-refractivity contribution in [1.82, 2.24) is 14.7 Å². The number of hydrogen-bond donors (Lipinski definition) is 1. The van der Waals surface area contributed by atoms with Gasteiger partial charge >= 0.3 is 0 Å². The molecule has 6 heteroatoms. The first-order chi connectivity index (χ1) is 9.55. The SMILES string of the molecule is CCN(CC)CCn1cc2cc(F)cc(C(N)=O)c2n1. The van der Waals surface area contributed by atoms with Crippen LogP contribution in [-0.2, 0) is 6.54 Å². The Hall–Kier alpha value is -1.95. The van der Waals surface area contributed by atoms with Crippen LogP contribution in [-0.4, -0.2) is 40.2 Å². The first-order valence-corrected chi connectivity index (χ1v) is 6.74. The Kier molecular flexibility index (Phi) is 4.34. The lowest BCUT2D eigenvalue weighted by Crippen LogP contribution is -2.27. The first kappa shape index (κ1) is 14.5. The highest BCUT2D eigenvalue weighted by Gasteiger charge is 2.13. The van der Waals surface area contributed by atoms with Crippen LogP contribution in [0.25, 0.3) is 10.9 Å². The summed E-state index contributed by atoms with van der Waals surface area (Å²) in [5.74, 6) is -1.14. The molecule has 0 saturated heterocycles. The van der Waals surface area contributed by atoms with E-state index >= 15 is 0 Å². The number of carbonyl (C=O) groups excluding carboxylic acids is 1. The van der Waals surface area contributed by atoms with Gasteiger partial charge in [-0.05, 0) is 25.2 Å². The van der Waals surface area contributed by atoms with E-state index in [9.17, 15) is 9.18 Å². The minimum Gasteiger partial charge on any atom is -0.366 e. The number of nitrogens with two attached hydrogens (primary N) is 1. The fourth-order valence-electron chi connectivity index (χ4n) is 2.23. The molecule has 5 nitrogen and oxygen atoms in total. The van der Waals surface area contributed by atoms with Gasteiger partial charge in [0.05, 0.1) is 12.1 Å². The van der Waals surface area contributed by atoms with Crippen LogP contribution < -0.4 is 5.73 Å². The number of hydrogen-bond acceptors (Lipinski definition) is 3. The summed E-state index contributed by atoms with van der Waals surface area (Å²) in [4.78, 5) is 13.6. The van der Waals surface area contributed by atoms with Gasteiger partial charge in [-0.1, -0.05) is 13.8 Å². The van der Waals surface area contributed by atoms with Crippen molar-refractivity contribution in [2.45, 2.75) is 20.4 Å². The summed E-state index contributed by atoms with van der Waals surface area (Å²) in [5.41, 5.74) is 5.84. The molecule has 0 fully saturated rings. The largest absolute Gasteiger partial charge is 0.366 e. The fraction of sp³-hybridized carbons (Fsp3) is 0.429. The van der Waals surface area contributed by atoms with Gasteiger partial charge in [0.1, 0.15) is 11.3 Å². The van der Waals surface area contributed by atoms with Crippen molar-refractivity contribution in [3.8, 4) is 0 Å². The van der Waals surface area contributed by atoms with Crippen LogP contribution >= 0.6 is 0 Å². The highest BCUT2D eigenvalue weighted by Crippen LogP contribution is 2.19. The zero-order valence-electron chi connectivity index (χ0n) is 11.8. The molecule has 0 unspecified atom stereocenters. The quantitative estimate of drug-likeness (QED) is 0.873. The lowest BCUT2D eigenvalue weighted by atomic mass is 10.1. The van der Waals surface area contributed by atoms with Gasteiger partial charge in [0.15, 0.2) is 0 Å². The van der Waals surface area contributed by atoms with Gasteiger partial charge in [-0.15, -0.1) is 0 Å². The van der Waals surface area contributed by atoms with Gasteiger partial charge in [-0.25, -0.2) is 4.39 Å². The van der Waals surface area contributed by atoms with Crippen LogP contribution in [0.3, 0.4) is 0 Å². The van der Waals surface area contributed by atoms with Crippen molar-refractivity contribution >= 4 is 16.8 Å². The van der Waals surface area contributed by atoms with Crippen molar-refractivity contribution < 1.29 is 9.18 Å². The van der Waals surface area contributed by atoms with Crippen LogP contribution in [0, 0.1) is 5.82 Å². The van der Waals surface area contributed by atoms with Crippen LogP contribution in [0.1, 0.15) is 24.2 Å². The molecule has 1 amide bonds. The summed E-state index contributed by atoms with van der Waals surface area (Å²) >= 11 is 0. The van der Waals surface area contributed by atoms with E-state index < -0.39 is 11.7 Å². The number of fused-ring (bicyclic) bond motifs is 1. The summed E-state index contributed by atoms with van der Waals surface area (Å²) in [6, 6.07) is 2.50. The van der Waals surface area contributed by atoms with Crippen molar-refractivity contribution in [1.29, 1.82) is 0 Å². The third-order valence-corrected chi connectivity index (χ3v) is 3.43. The number of halogens is 1. The van der Waals surface area contributed by atoms with Gasteiger partial charge in [-0.2, -0.15) is 5.10 Å². The minimum atomic E-state index is -0.663. The molecule has 0 aliphatic carbocycles. The third-order valence-electron chi connectivity index (χ3n) is 3.43. The molecule has 1 heterocycles. The Morgan fingerprint density at radius 2 is 2.10 bits per heavy atom. The summed E-state index contributed by atoms with van der Waals surface area (Å²) in [5, 5.41) is 4.93. The average Bonchev–Trinajstić information content (AvgIpc) is 2.81. The van der Waals surface area contributed by atoms with E-state index in [-0.39, 0.29) is 5.56 Å². The number of carbonyl (C=O) groups is 1. The molecule has 0 bridgehead atoms. The maximum atomic E-state index is 13.4. The van der Waals surface area contributed by atoms with Gasteiger partial charge in [-0.3, -0.25) is 9.48 Å². The van der Waals surface area contributed by atoms with Gasteiger partial charge in [0.25, 0.3) is 5.91 Å². The number of nitrogens with zero attached hydrogens (tertiary/aromatic N) is 3. The summed E-state index contributed by atoms with van der Waals surface area (Å²) in [6.45, 7) is 7.69. The minimum absolute atomic E-state index is 0.126. The molecule has 0 atom stereocenters. The number of primary amides is 1. The Morgan fingerprint density at radius 1 is 1.40 bits per heavy atom. The lowest BCUT2D eigenvalue weighted by molar-refractivity contribution is 0.100. The second kappa shape index (κ2) is 6.00. The highest BCUT2D eigenvalue weighted by atomic mass is 19.1.